The summed E-state index contributed by atoms with van der Waals surface area (Å²) in [6.45, 7) is 0.598. The van der Waals surface area contributed by atoms with Crippen molar-refractivity contribution in [3.05, 3.63) is 41.9 Å². The van der Waals surface area contributed by atoms with Crippen molar-refractivity contribution >= 4 is 30.6 Å². The lowest BCUT2D eigenvalue weighted by molar-refractivity contribution is 0.345. The Morgan fingerprint density at radius 1 is 1.16 bits per heavy atom. The van der Waals surface area contributed by atoms with Gasteiger partial charge in [-0.05, 0) is 18.9 Å². The van der Waals surface area contributed by atoms with Gasteiger partial charge in [-0.1, -0.05) is 12.1 Å². The Kier molecular flexibility index (Phi) is 8.22. The number of nitrogens with zero attached hydrogens (tertiary/aromatic N) is 2. The summed E-state index contributed by atoms with van der Waals surface area (Å²) in [6, 6.07) is 8.14. The van der Waals surface area contributed by atoms with E-state index in [-0.39, 0.29) is 24.8 Å². The highest BCUT2D eigenvalue weighted by Gasteiger charge is 2.28. The molecule has 138 valence electrons. The summed E-state index contributed by atoms with van der Waals surface area (Å²) in [7, 11) is 3.28. The number of methoxy groups -OCH3 is 2. The van der Waals surface area contributed by atoms with E-state index in [2.05, 4.69) is 15.3 Å². The minimum Gasteiger partial charge on any atom is -0.493 e. The van der Waals surface area contributed by atoms with Gasteiger partial charge in [0, 0.05) is 35.8 Å². The van der Waals surface area contributed by atoms with Crippen LogP contribution >= 0.6 is 24.8 Å². The van der Waals surface area contributed by atoms with Gasteiger partial charge in [0.25, 0.3) is 0 Å². The molecule has 3 rings (SSSR count). The zero-order valence-electron chi connectivity index (χ0n) is 14.3. The molecule has 1 heterocycles. The van der Waals surface area contributed by atoms with E-state index in [4.69, 9.17) is 15.2 Å². The fourth-order valence-electron chi connectivity index (χ4n) is 2.87. The molecule has 0 radical (unpaired) electrons. The summed E-state index contributed by atoms with van der Waals surface area (Å²) >= 11 is 0. The zero-order valence-corrected chi connectivity index (χ0v) is 15.9. The first-order valence-electron chi connectivity index (χ1n) is 7.72. The van der Waals surface area contributed by atoms with Gasteiger partial charge in [0.2, 0.25) is 0 Å². The second-order valence-corrected chi connectivity index (χ2v) is 5.76. The smallest absolute Gasteiger partial charge is 0.165 e. The molecule has 25 heavy (non-hydrogen) atoms. The molecule has 1 aromatic heterocycles. The fraction of sp³-hybridized carbons (Fsp3) is 0.412. The molecule has 8 heteroatoms. The first-order chi connectivity index (χ1) is 11.2. The molecule has 0 unspecified atom stereocenters. The quantitative estimate of drug-likeness (QED) is 0.793. The van der Waals surface area contributed by atoms with Crippen LogP contribution in [0.15, 0.2) is 30.6 Å². The lowest BCUT2D eigenvalue weighted by Gasteiger charge is -2.31. The van der Waals surface area contributed by atoms with Gasteiger partial charge in [-0.25, -0.2) is 9.97 Å². The highest BCUT2D eigenvalue weighted by molar-refractivity contribution is 5.85. The number of para-hydroxylation sites is 1. The number of ether oxygens (including phenoxy) is 2. The Labute approximate surface area is 160 Å². The zero-order chi connectivity index (χ0) is 16.2. The van der Waals surface area contributed by atoms with Crippen molar-refractivity contribution in [1.29, 1.82) is 0 Å². The summed E-state index contributed by atoms with van der Waals surface area (Å²) in [5.74, 6) is 2.72. The van der Waals surface area contributed by atoms with E-state index in [0.717, 1.165) is 41.4 Å². The number of hydrogen-bond donors (Lipinski definition) is 2. The van der Waals surface area contributed by atoms with Gasteiger partial charge in [0.15, 0.2) is 11.5 Å². The average Bonchev–Trinajstić information content (AvgIpc) is 2.56. The van der Waals surface area contributed by atoms with Crippen LogP contribution in [-0.2, 0) is 6.54 Å². The van der Waals surface area contributed by atoms with Gasteiger partial charge >= 0.3 is 0 Å². The first kappa shape index (κ1) is 21.3. The van der Waals surface area contributed by atoms with Crippen LogP contribution < -0.4 is 20.5 Å². The van der Waals surface area contributed by atoms with Crippen molar-refractivity contribution in [3.63, 3.8) is 0 Å². The molecule has 3 N–H and O–H groups in total. The summed E-state index contributed by atoms with van der Waals surface area (Å²) < 4.78 is 10.8. The SMILES string of the molecule is COc1cccc(CNc2cc(C3CC(N)C3)ncn2)c1OC.Cl.Cl. The van der Waals surface area contributed by atoms with Crippen LogP contribution in [-0.4, -0.2) is 30.2 Å². The monoisotopic (exact) mass is 386 g/mol. The molecular weight excluding hydrogens is 363 g/mol. The second kappa shape index (κ2) is 9.65. The lowest BCUT2D eigenvalue weighted by Crippen LogP contribution is -2.35. The number of rotatable bonds is 6. The van der Waals surface area contributed by atoms with Crippen LogP contribution in [0.4, 0.5) is 5.82 Å². The molecule has 0 atom stereocenters. The van der Waals surface area contributed by atoms with E-state index < -0.39 is 0 Å². The Morgan fingerprint density at radius 3 is 2.56 bits per heavy atom. The molecule has 1 aliphatic rings. The molecule has 0 spiro atoms. The Bertz CT molecular complexity index is 681. The average molecular weight is 387 g/mol. The highest BCUT2D eigenvalue weighted by atomic mass is 35.5. The Hall–Kier alpha value is -1.76. The Balaban J connectivity index is 0.00000156. The van der Waals surface area contributed by atoms with Gasteiger partial charge in [0.05, 0.1) is 14.2 Å². The van der Waals surface area contributed by atoms with Crippen molar-refractivity contribution in [2.45, 2.75) is 31.3 Å². The van der Waals surface area contributed by atoms with Crippen molar-refractivity contribution in [2.75, 3.05) is 19.5 Å². The highest BCUT2D eigenvalue weighted by Crippen LogP contribution is 2.35. The van der Waals surface area contributed by atoms with Crippen molar-refractivity contribution in [2.24, 2.45) is 5.73 Å². The van der Waals surface area contributed by atoms with Crippen LogP contribution in [0.1, 0.15) is 30.0 Å². The number of halogens is 2. The van der Waals surface area contributed by atoms with Crippen molar-refractivity contribution in [1.82, 2.24) is 9.97 Å². The van der Waals surface area contributed by atoms with Crippen LogP contribution in [0, 0.1) is 0 Å². The molecule has 6 nitrogen and oxygen atoms in total. The second-order valence-electron chi connectivity index (χ2n) is 5.76. The number of nitrogens with two attached hydrogens (primary N) is 1. The molecule has 1 aliphatic carbocycles. The van der Waals surface area contributed by atoms with Crippen LogP contribution in [0.5, 0.6) is 11.5 Å². The molecule has 0 saturated heterocycles. The predicted octanol–water partition coefficient (Wildman–Crippen LogP) is 3.15. The molecule has 1 fully saturated rings. The molecule has 0 aliphatic heterocycles. The standard InChI is InChI=1S/C17H22N4O2.2ClH/c1-22-15-5-3-4-11(17(15)23-2)9-19-16-8-14(20-10-21-16)12-6-13(18)7-12;;/h3-5,8,10,12-13H,6-7,9,18H2,1-2H3,(H,19,20,21);2*1H. The van der Waals surface area contributed by atoms with Crippen LogP contribution in [0.3, 0.4) is 0 Å². The van der Waals surface area contributed by atoms with E-state index in [1.54, 1.807) is 20.5 Å². The summed E-state index contributed by atoms with van der Waals surface area (Å²) in [5, 5.41) is 3.32. The predicted molar refractivity (Wildman–Crippen MR) is 103 cm³/mol. The van der Waals surface area contributed by atoms with E-state index in [1.165, 1.54) is 0 Å². The van der Waals surface area contributed by atoms with E-state index in [1.807, 2.05) is 24.3 Å². The molecule has 1 aromatic carbocycles. The van der Waals surface area contributed by atoms with Crippen molar-refractivity contribution < 1.29 is 9.47 Å². The third-order valence-electron chi connectivity index (χ3n) is 4.23. The molecule has 0 bridgehead atoms. The van der Waals surface area contributed by atoms with Gasteiger partial charge < -0.3 is 20.5 Å². The minimum absolute atomic E-state index is 0. The summed E-state index contributed by atoms with van der Waals surface area (Å²) in [6.07, 6.45) is 3.60. The largest absolute Gasteiger partial charge is 0.493 e. The third kappa shape index (κ3) is 4.87. The summed E-state index contributed by atoms with van der Waals surface area (Å²) in [5.41, 5.74) is 7.92. The van der Waals surface area contributed by atoms with Crippen LogP contribution in [0.2, 0.25) is 0 Å². The number of hydrogen-bond acceptors (Lipinski definition) is 6. The fourth-order valence-corrected chi connectivity index (χ4v) is 2.87. The number of anilines is 1. The molecule has 2 aromatic rings. The normalized spacial score (nSPS) is 18.2. The Morgan fingerprint density at radius 2 is 1.92 bits per heavy atom. The third-order valence-corrected chi connectivity index (χ3v) is 4.23. The summed E-state index contributed by atoms with van der Waals surface area (Å²) in [4.78, 5) is 8.65. The first-order valence-corrected chi connectivity index (χ1v) is 7.72. The molecule has 1 saturated carbocycles. The number of benzene rings is 1. The number of nitrogens with one attached hydrogen (secondary N) is 1. The van der Waals surface area contributed by atoms with E-state index in [0.29, 0.717) is 18.5 Å². The van der Waals surface area contributed by atoms with Gasteiger partial charge in [-0.2, -0.15) is 0 Å². The van der Waals surface area contributed by atoms with Crippen LogP contribution in [0.25, 0.3) is 0 Å². The maximum atomic E-state index is 5.85. The van der Waals surface area contributed by atoms with E-state index >= 15 is 0 Å². The topological polar surface area (TPSA) is 82.3 Å². The maximum absolute atomic E-state index is 5.85. The van der Waals surface area contributed by atoms with Crippen molar-refractivity contribution in [3.8, 4) is 11.5 Å². The molecule has 0 amide bonds. The number of aromatic nitrogens is 2. The lowest BCUT2D eigenvalue weighted by atomic mass is 9.79. The van der Waals surface area contributed by atoms with Gasteiger partial charge in [-0.3, -0.25) is 0 Å². The molecular formula is C17H24Cl2N4O2. The van der Waals surface area contributed by atoms with Gasteiger partial charge in [0.1, 0.15) is 12.1 Å². The minimum atomic E-state index is 0. The maximum Gasteiger partial charge on any atom is 0.165 e. The van der Waals surface area contributed by atoms with Gasteiger partial charge in [-0.15, -0.1) is 24.8 Å². The van der Waals surface area contributed by atoms with E-state index in [9.17, 15) is 0 Å².